The molecule has 31 heavy (non-hydrogen) atoms. The highest BCUT2D eigenvalue weighted by molar-refractivity contribution is 5.99. The molecule has 2 fully saturated rings. The zero-order valence-electron chi connectivity index (χ0n) is 17.5. The number of fused-ring (bicyclic) bond motifs is 1. The van der Waals surface area contributed by atoms with E-state index in [0.717, 1.165) is 36.3 Å². The molecule has 0 saturated carbocycles. The summed E-state index contributed by atoms with van der Waals surface area (Å²) in [5, 5.41) is 3.50. The number of hydrogen-bond donors (Lipinski definition) is 1. The van der Waals surface area contributed by atoms with Crippen molar-refractivity contribution < 1.29 is 19.1 Å². The number of nitrogens with one attached hydrogen (secondary N) is 1. The molecule has 2 aromatic rings. The van der Waals surface area contributed by atoms with Crippen molar-refractivity contribution in [2.75, 3.05) is 44.8 Å². The molecule has 0 aromatic heterocycles. The van der Waals surface area contributed by atoms with Crippen LogP contribution >= 0.6 is 0 Å². The molecule has 0 bridgehead atoms. The minimum absolute atomic E-state index is 0.0243. The lowest BCUT2D eigenvalue weighted by atomic mass is 10.1. The van der Waals surface area contributed by atoms with Crippen molar-refractivity contribution in [1.29, 1.82) is 0 Å². The maximum atomic E-state index is 13.1. The number of rotatable bonds is 5. The number of hydrogen-bond acceptors (Lipinski definition) is 5. The third-order valence-electron chi connectivity index (χ3n) is 6.22. The summed E-state index contributed by atoms with van der Waals surface area (Å²) in [6, 6.07) is 15.2. The Morgan fingerprint density at radius 3 is 2.55 bits per heavy atom. The third-order valence-corrected chi connectivity index (χ3v) is 6.22. The summed E-state index contributed by atoms with van der Waals surface area (Å²) in [4.78, 5) is 29.5. The Balaban J connectivity index is 1.34. The maximum Gasteiger partial charge on any atom is 0.256 e. The van der Waals surface area contributed by atoms with E-state index >= 15 is 0 Å². The van der Waals surface area contributed by atoms with Gasteiger partial charge in [-0.25, -0.2) is 0 Å². The van der Waals surface area contributed by atoms with Crippen LogP contribution in [0, 0.1) is 0 Å². The normalized spacial score (nSPS) is 23.2. The standard InChI is InChI=1S/C24H27N3O4/c28-23(26-11-14-30-15-12-26)17-7-9-18(10-8-17)25-22-20-5-1-2-6-21(20)24(29)27(22)16-19-4-3-13-31-19/h1-2,5-10,19,22,25H,3-4,11-16H2/t19-,22-/m1/s1. The second kappa shape index (κ2) is 8.69. The van der Waals surface area contributed by atoms with E-state index in [4.69, 9.17) is 9.47 Å². The molecule has 7 nitrogen and oxygen atoms in total. The minimum Gasteiger partial charge on any atom is -0.378 e. The van der Waals surface area contributed by atoms with Crippen LogP contribution in [0.15, 0.2) is 48.5 Å². The highest BCUT2D eigenvalue weighted by atomic mass is 16.5. The van der Waals surface area contributed by atoms with Crippen LogP contribution in [-0.2, 0) is 9.47 Å². The summed E-state index contributed by atoms with van der Waals surface area (Å²) in [5.74, 6) is 0.0546. The highest BCUT2D eigenvalue weighted by Gasteiger charge is 2.38. The number of carbonyl (C=O) groups excluding carboxylic acids is 2. The summed E-state index contributed by atoms with van der Waals surface area (Å²) in [6.45, 7) is 3.74. The van der Waals surface area contributed by atoms with Gasteiger partial charge in [0.2, 0.25) is 0 Å². The van der Waals surface area contributed by atoms with Crippen molar-refractivity contribution in [3.05, 3.63) is 65.2 Å². The van der Waals surface area contributed by atoms with E-state index in [1.54, 1.807) is 0 Å². The van der Waals surface area contributed by atoms with Crippen molar-refractivity contribution >= 4 is 17.5 Å². The van der Waals surface area contributed by atoms with Gasteiger partial charge in [0, 0.05) is 48.6 Å². The molecule has 3 aliphatic rings. The average molecular weight is 421 g/mol. The van der Waals surface area contributed by atoms with Gasteiger partial charge in [-0.1, -0.05) is 18.2 Å². The van der Waals surface area contributed by atoms with Crippen molar-refractivity contribution in [2.24, 2.45) is 0 Å². The van der Waals surface area contributed by atoms with Gasteiger partial charge in [-0.2, -0.15) is 0 Å². The van der Waals surface area contributed by atoms with E-state index in [0.29, 0.717) is 38.4 Å². The number of benzene rings is 2. The topological polar surface area (TPSA) is 71.1 Å². The molecule has 3 aliphatic heterocycles. The molecule has 1 N–H and O–H groups in total. The summed E-state index contributed by atoms with van der Waals surface area (Å²) < 4.78 is 11.1. The lowest BCUT2D eigenvalue weighted by Gasteiger charge is -2.29. The van der Waals surface area contributed by atoms with E-state index in [-0.39, 0.29) is 24.1 Å². The molecule has 0 spiro atoms. The summed E-state index contributed by atoms with van der Waals surface area (Å²) in [5.41, 5.74) is 3.23. The summed E-state index contributed by atoms with van der Waals surface area (Å²) in [6.07, 6.45) is 1.84. The second-order valence-corrected chi connectivity index (χ2v) is 8.21. The Hall–Kier alpha value is -2.90. The van der Waals surface area contributed by atoms with Crippen LogP contribution in [0.1, 0.15) is 45.3 Å². The molecular formula is C24H27N3O4. The fourth-order valence-corrected chi connectivity index (χ4v) is 4.54. The van der Waals surface area contributed by atoms with Crippen molar-refractivity contribution in [3.8, 4) is 0 Å². The molecule has 2 aromatic carbocycles. The molecule has 2 atom stereocenters. The van der Waals surface area contributed by atoms with Crippen molar-refractivity contribution in [1.82, 2.24) is 9.80 Å². The Kier molecular flexibility index (Phi) is 5.61. The van der Waals surface area contributed by atoms with Gasteiger partial charge in [0.15, 0.2) is 0 Å². The zero-order valence-corrected chi connectivity index (χ0v) is 17.5. The predicted octanol–water partition coefficient (Wildman–Crippen LogP) is 2.90. The first-order valence-corrected chi connectivity index (χ1v) is 11.0. The number of nitrogens with zero attached hydrogens (tertiary/aromatic N) is 2. The first kappa shape index (κ1) is 20.0. The van der Waals surface area contributed by atoms with Gasteiger partial charge >= 0.3 is 0 Å². The molecule has 5 rings (SSSR count). The summed E-state index contributed by atoms with van der Waals surface area (Å²) in [7, 11) is 0. The quantitative estimate of drug-likeness (QED) is 0.804. The highest BCUT2D eigenvalue weighted by Crippen LogP contribution is 2.35. The van der Waals surface area contributed by atoms with Crippen LogP contribution in [0.2, 0.25) is 0 Å². The monoisotopic (exact) mass is 421 g/mol. The minimum atomic E-state index is -0.256. The fraction of sp³-hybridized carbons (Fsp3) is 0.417. The van der Waals surface area contributed by atoms with Crippen LogP contribution < -0.4 is 5.32 Å². The summed E-state index contributed by atoms with van der Waals surface area (Å²) >= 11 is 0. The predicted molar refractivity (Wildman–Crippen MR) is 116 cm³/mol. The molecule has 0 aliphatic carbocycles. The fourth-order valence-electron chi connectivity index (χ4n) is 4.54. The molecule has 3 heterocycles. The lowest BCUT2D eigenvalue weighted by molar-refractivity contribution is 0.0303. The van der Waals surface area contributed by atoms with Crippen LogP contribution in [0.3, 0.4) is 0 Å². The SMILES string of the molecule is O=C(c1ccc(N[C@H]2c3ccccc3C(=O)N2C[C@H]2CCCO2)cc1)N1CCOCC1. The largest absolute Gasteiger partial charge is 0.378 e. The Morgan fingerprint density at radius 1 is 1.03 bits per heavy atom. The maximum absolute atomic E-state index is 13.1. The number of ether oxygens (including phenoxy) is 2. The number of amides is 2. The molecular weight excluding hydrogens is 394 g/mol. The van der Waals surface area contributed by atoms with Gasteiger partial charge in [0.1, 0.15) is 6.17 Å². The molecule has 2 amide bonds. The number of anilines is 1. The molecule has 162 valence electrons. The van der Waals surface area contributed by atoms with Gasteiger partial charge in [-0.05, 0) is 43.2 Å². The van der Waals surface area contributed by atoms with Crippen LogP contribution in [0.4, 0.5) is 5.69 Å². The van der Waals surface area contributed by atoms with E-state index in [9.17, 15) is 9.59 Å². The van der Waals surface area contributed by atoms with Gasteiger partial charge in [-0.15, -0.1) is 0 Å². The smallest absolute Gasteiger partial charge is 0.256 e. The Bertz CT molecular complexity index is 950. The second-order valence-electron chi connectivity index (χ2n) is 8.21. The first-order chi connectivity index (χ1) is 15.2. The molecule has 7 heteroatoms. The number of carbonyl (C=O) groups is 2. The van der Waals surface area contributed by atoms with Gasteiger partial charge in [0.05, 0.1) is 19.3 Å². The Morgan fingerprint density at radius 2 is 1.81 bits per heavy atom. The number of morpholine rings is 1. The van der Waals surface area contributed by atoms with E-state index in [2.05, 4.69) is 5.32 Å². The zero-order chi connectivity index (χ0) is 21.2. The van der Waals surface area contributed by atoms with Crippen LogP contribution in [0.5, 0.6) is 0 Å². The van der Waals surface area contributed by atoms with Crippen LogP contribution in [0.25, 0.3) is 0 Å². The average Bonchev–Trinajstić information content (AvgIpc) is 3.43. The van der Waals surface area contributed by atoms with E-state index < -0.39 is 0 Å². The lowest BCUT2D eigenvalue weighted by Crippen LogP contribution is -2.40. The van der Waals surface area contributed by atoms with Crippen molar-refractivity contribution in [2.45, 2.75) is 25.1 Å². The van der Waals surface area contributed by atoms with Gasteiger partial charge in [0.25, 0.3) is 11.8 Å². The molecule has 2 saturated heterocycles. The third kappa shape index (κ3) is 4.03. The Labute approximate surface area is 181 Å². The van der Waals surface area contributed by atoms with Crippen LogP contribution in [-0.4, -0.2) is 67.2 Å². The van der Waals surface area contributed by atoms with E-state index in [1.165, 1.54) is 0 Å². The van der Waals surface area contributed by atoms with Gasteiger partial charge in [-0.3, -0.25) is 9.59 Å². The van der Waals surface area contributed by atoms with E-state index in [1.807, 2.05) is 58.3 Å². The first-order valence-electron chi connectivity index (χ1n) is 11.0. The molecule has 0 radical (unpaired) electrons. The van der Waals surface area contributed by atoms with Gasteiger partial charge < -0.3 is 24.6 Å². The molecule has 0 unspecified atom stereocenters. The van der Waals surface area contributed by atoms with Crippen molar-refractivity contribution in [3.63, 3.8) is 0 Å².